The summed E-state index contributed by atoms with van der Waals surface area (Å²) >= 11 is 0. The van der Waals surface area contributed by atoms with Crippen molar-refractivity contribution < 1.29 is 19.0 Å². The average Bonchev–Trinajstić information content (AvgIpc) is 3.34. The third-order valence-corrected chi connectivity index (χ3v) is 6.08. The van der Waals surface area contributed by atoms with Crippen LogP contribution in [0.25, 0.3) is 27.9 Å². The minimum atomic E-state index is -0.362. The number of fused-ring (bicyclic) bond motifs is 3. The molecule has 0 unspecified atom stereocenters. The smallest absolute Gasteiger partial charge is 0.337 e. The molecule has 0 saturated carbocycles. The van der Waals surface area contributed by atoms with Gasteiger partial charge in [0.05, 0.1) is 37.2 Å². The molecular weight excluding hydrogens is 466 g/mol. The van der Waals surface area contributed by atoms with Crippen LogP contribution in [0.2, 0.25) is 0 Å². The van der Waals surface area contributed by atoms with Crippen molar-refractivity contribution in [3.05, 3.63) is 102 Å². The summed E-state index contributed by atoms with van der Waals surface area (Å²) in [6.07, 6.45) is 3.78. The predicted molar refractivity (Wildman–Crippen MR) is 146 cm³/mol. The fourth-order valence-electron chi connectivity index (χ4n) is 4.17. The summed E-state index contributed by atoms with van der Waals surface area (Å²) in [5.41, 5.74) is 5.37. The van der Waals surface area contributed by atoms with Crippen molar-refractivity contribution in [1.82, 2.24) is 9.97 Å². The standard InChI is InChI=1S/C30H27N3O4/c1-35-28-15-14-23(18-32-28)31-17-21(16-20-10-12-22(13-11-20)30(34)36-2)19-37-27-9-5-7-25-24-6-3-4-8-26(24)33-29(25)27/h3-16,18,31,33H,17,19H2,1-2H3/b21-16+. The summed E-state index contributed by atoms with van der Waals surface area (Å²) in [6.45, 7) is 0.902. The third kappa shape index (κ3) is 5.41. The van der Waals surface area contributed by atoms with Gasteiger partial charge < -0.3 is 24.5 Å². The van der Waals surface area contributed by atoms with Gasteiger partial charge in [-0.2, -0.15) is 0 Å². The Morgan fingerprint density at radius 3 is 2.51 bits per heavy atom. The molecule has 2 N–H and O–H groups in total. The number of anilines is 1. The van der Waals surface area contributed by atoms with Gasteiger partial charge in [0.15, 0.2) is 0 Å². The fourth-order valence-corrected chi connectivity index (χ4v) is 4.17. The first-order valence-corrected chi connectivity index (χ1v) is 11.9. The molecule has 3 aromatic carbocycles. The van der Waals surface area contributed by atoms with Gasteiger partial charge in [0, 0.05) is 28.9 Å². The van der Waals surface area contributed by atoms with Crippen LogP contribution in [0.4, 0.5) is 5.69 Å². The van der Waals surface area contributed by atoms with Gasteiger partial charge in [0.1, 0.15) is 12.4 Å². The number of aromatic amines is 1. The number of nitrogens with one attached hydrogen (secondary N) is 2. The monoisotopic (exact) mass is 493 g/mol. The van der Waals surface area contributed by atoms with Crippen LogP contribution in [0.15, 0.2) is 90.6 Å². The molecule has 0 amide bonds. The number of pyridine rings is 1. The first-order chi connectivity index (χ1) is 18.1. The minimum absolute atomic E-state index is 0.362. The number of rotatable bonds is 9. The van der Waals surface area contributed by atoms with Crippen LogP contribution in [0, 0.1) is 0 Å². The molecule has 0 spiro atoms. The lowest BCUT2D eigenvalue weighted by atomic mass is 10.1. The lowest BCUT2D eigenvalue weighted by Crippen LogP contribution is -2.12. The van der Waals surface area contributed by atoms with E-state index in [0.717, 1.165) is 44.4 Å². The molecule has 0 saturated heterocycles. The number of nitrogens with zero attached hydrogens (tertiary/aromatic N) is 1. The van der Waals surface area contributed by atoms with E-state index in [2.05, 4.69) is 39.6 Å². The zero-order valence-corrected chi connectivity index (χ0v) is 20.7. The first kappa shape index (κ1) is 23.9. The largest absolute Gasteiger partial charge is 0.487 e. The first-order valence-electron chi connectivity index (χ1n) is 11.9. The van der Waals surface area contributed by atoms with Crippen molar-refractivity contribution in [3.63, 3.8) is 0 Å². The Hall–Kier alpha value is -4.78. The lowest BCUT2D eigenvalue weighted by molar-refractivity contribution is 0.0600. The van der Waals surface area contributed by atoms with E-state index < -0.39 is 0 Å². The number of esters is 1. The highest BCUT2D eigenvalue weighted by atomic mass is 16.5. The van der Waals surface area contributed by atoms with E-state index in [9.17, 15) is 4.79 Å². The summed E-state index contributed by atoms with van der Waals surface area (Å²) < 4.78 is 16.3. The number of ether oxygens (including phenoxy) is 3. The van der Waals surface area contributed by atoms with Crippen molar-refractivity contribution in [2.24, 2.45) is 0 Å². The molecule has 5 aromatic rings. The van der Waals surface area contributed by atoms with Crippen LogP contribution in [0.1, 0.15) is 15.9 Å². The summed E-state index contributed by atoms with van der Waals surface area (Å²) in [6, 6.07) is 25.3. The zero-order chi connectivity index (χ0) is 25.6. The van der Waals surface area contributed by atoms with Gasteiger partial charge >= 0.3 is 5.97 Å². The molecule has 7 nitrogen and oxygen atoms in total. The topological polar surface area (TPSA) is 85.5 Å². The van der Waals surface area contributed by atoms with Crippen LogP contribution in [-0.2, 0) is 4.74 Å². The SMILES string of the molecule is COC(=O)c1ccc(/C=C(\CNc2ccc(OC)nc2)COc2cccc3c2[nH]c2ccccc23)cc1. The maximum atomic E-state index is 11.8. The van der Waals surface area contributed by atoms with Gasteiger partial charge in [-0.25, -0.2) is 9.78 Å². The Labute approximate surface area is 214 Å². The second kappa shape index (κ2) is 10.9. The van der Waals surface area contributed by atoms with Crippen LogP contribution < -0.4 is 14.8 Å². The van der Waals surface area contributed by atoms with Gasteiger partial charge in [-0.1, -0.05) is 48.5 Å². The molecule has 37 heavy (non-hydrogen) atoms. The van der Waals surface area contributed by atoms with E-state index in [4.69, 9.17) is 14.2 Å². The molecule has 0 radical (unpaired) electrons. The van der Waals surface area contributed by atoms with E-state index in [1.165, 1.54) is 7.11 Å². The Morgan fingerprint density at radius 1 is 0.946 bits per heavy atom. The summed E-state index contributed by atoms with van der Waals surface area (Å²) in [4.78, 5) is 19.5. The number of carbonyl (C=O) groups is 1. The van der Waals surface area contributed by atoms with Crippen molar-refractivity contribution in [2.75, 3.05) is 32.7 Å². The molecule has 186 valence electrons. The van der Waals surface area contributed by atoms with Crippen LogP contribution in [0.3, 0.4) is 0 Å². The highest BCUT2D eigenvalue weighted by Gasteiger charge is 2.10. The third-order valence-electron chi connectivity index (χ3n) is 6.08. The number of hydrogen-bond acceptors (Lipinski definition) is 6. The highest BCUT2D eigenvalue weighted by Crippen LogP contribution is 2.31. The number of hydrogen-bond donors (Lipinski definition) is 2. The maximum Gasteiger partial charge on any atom is 0.337 e. The van der Waals surface area contributed by atoms with E-state index >= 15 is 0 Å². The molecule has 0 aliphatic carbocycles. The molecule has 5 rings (SSSR count). The number of H-pyrrole nitrogens is 1. The molecule has 2 aromatic heterocycles. The highest BCUT2D eigenvalue weighted by molar-refractivity contribution is 6.09. The van der Waals surface area contributed by atoms with Gasteiger partial charge in [-0.3, -0.25) is 0 Å². The van der Waals surface area contributed by atoms with Crippen LogP contribution in [0.5, 0.6) is 11.6 Å². The van der Waals surface area contributed by atoms with Crippen LogP contribution in [-0.4, -0.2) is 43.3 Å². The van der Waals surface area contributed by atoms with Gasteiger partial charge in [-0.05, 0) is 41.5 Å². The minimum Gasteiger partial charge on any atom is -0.487 e. The number of methoxy groups -OCH3 is 2. The van der Waals surface area contributed by atoms with Crippen molar-refractivity contribution >= 4 is 39.5 Å². The molecular formula is C30H27N3O4. The molecule has 7 heteroatoms. The molecule has 0 aliphatic heterocycles. The number of aromatic nitrogens is 2. The molecule has 0 aliphatic rings. The second-order valence-electron chi connectivity index (χ2n) is 8.50. The molecule has 0 fully saturated rings. The second-order valence-corrected chi connectivity index (χ2v) is 8.50. The normalized spacial score (nSPS) is 11.5. The predicted octanol–water partition coefficient (Wildman–Crippen LogP) is 6.09. The Bertz CT molecular complexity index is 1550. The van der Waals surface area contributed by atoms with Gasteiger partial charge in [-0.15, -0.1) is 0 Å². The van der Waals surface area contributed by atoms with E-state index in [1.54, 1.807) is 25.4 Å². The lowest BCUT2D eigenvalue weighted by Gasteiger charge is -2.13. The fraction of sp³-hybridized carbons (Fsp3) is 0.133. The maximum absolute atomic E-state index is 11.8. The number of para-hydroxylation sites is 2. The van der Waals surface area contributed by atoms with Crippen LogP contribution >= 0.6 is 0 Å². The van der Waals surface area contributed by atoms with Crippen molar-refractivity contribution in [3.8, 4) is 11.6 Å². The van der Waals surface area contributed by atoms with Crippen molar-refractivity contribution in [1.29, 1.82) is 0 Å². The summed E-state index contributed by atoms with van der Waals surface area (Å²) in [7, 11) is 2.96. The Morgan fingerprint density at radius 2 is 1.76 bits per heavy atom. The number of carbonyl (C=O) groups excluding carboxylic acids is 1. The molecule has 2 heterocycles. The zero-order valence-electron chi connectivity index (χ0n) is 20.7. The quantitative estimate of drug-likeness (QED) is 0.242. The molecule has 0 atom stereocenters. The van der Waals surface area contributed by atoms with Gasteiger partial charge in [0.25, 0.3) is 0 Å². The van der Waals surface area contributed by atoms with E-state index in [0.29, 0.717) is 24.6 Å². The van der Waals surface area contributed by atoms with E-state index in [1.807, 2.05) is 48.5 Å². The molecule has 0 bridgehead atoms. The Balaban J connectivity index is 1.39. The average molecular weight is 494 g/mol. The Kier molecular flexibility index (Phi) is 7.03. The summed E-state index contributed by atoms with van der Waals surface area (Å²) in [5, 5.41) is 5.69. The van der Waals surface area contributed by atoms with Gasteiger partial charge in [0.2, 0.25) is 5.88 Å². The summed E-state index contributed by atoms with van der Waals surface area (Å²) in [5.74, 6) is 0.979. The number of benzene rings is 3. The van der Waals surface area contributed by atoms with Crippen molar-refractivity contribution in [2.45, 2.75) is 0 Å². The van der Waals surface area contributed by atoms with E-state index in [-0.39, 0.29) is 5.97 Å².